The van der Waals surface area contributed by atoms with Gasteiger partial charge in [0, 0.05) is 18.3 Å². The van der Waals surface area contributed by atoms with Crippen molar-refractivity contribution in [3.63, 3.8) is 0 Å². The topological polar surface area (TPSA) is 37.8 Å². The molecule has 1 heterocycles. The Morgan fingerprint density at radius 1 is 1.05 bits per heavy atom. The van der Waals surface area contributed by atoms with E-state index in [2.05, 4.69) is 52.5 Å². The van der Waals surface area contributed by atoms with Gasteiger partial charge in [-0.3, -0.25) is 0 Å². The molecular formula is C16H21N3. The van der Waals surface area contributed by atoms with E-state index in [1.807, 2.05) is 6.07 Å². The number of anilines is 1. The SMILES string of the molecule is CCCc1cc(NCCCc2ccccc2)ncn1. The molecule has 0 bridgehead atoms. The van der Waals surface area contributed by atoms with E-state index in [-0.39, 0.29) is 0 Å². The molecule has 1 aromatic heterocycles. The van der Waals surface area contributed by atoms with Gasteiger partial charge < -0.3 is 5.32 Å². The molecule has 0 spiro atoms. The normalized spacial score (nSPS) is 10.4. The van der Waals surface area contributed by atoms with Crippen LogP contribution in [0.2, 0.25) is 0 Å². The standard InChI is InChI=1S/C16H21N3/c1-2-7-15-12-16(19-13-18-15)17-11-6-10-14-8-4-3-5-9-14/h3-5,8-9,12-13H,2,6-7,10-11H2,1H3,(H,17,18,19). The van der Waals surface area contributed by atoms with Gasteiger partial charge in [0.05, 0.1) is 0 Å². The quantitative estimate of drug-likeness (QED) is 0.770. The molecule has 0 amide bonds. The van der Waals surface area contributed by atoms with Crippen LogP contribution < -0.4 is 5.32 Å². The van der Waals surface area contributed by atoms with E-state index >= 15 is 0 Å². The molecular weight excluding hydrogens is 234 g/mol. The van der Waals surface area contributed by atoms with Crippen molar-refractivity contribution in [2.75, 3.05) is 11.9 Å². The van der Waals surface area contributed by atoms with Gasteiger partial charge in [-0.25, -0.2) is 9.97 Å². The van der Waals surface area contributed by atoms with E-state index in [0.29, 0.717) is 0 Å². The van der Waals surface area contributed by atoms with Crippen LogP contribution in [0, 0.1) is 0 Å². The van der Waals surface area contributed by atoms with Gasteiger partial charge in [0.15, 0.2) is 0 Å². The van der Waals surface area contributed by atoms with Gasteiger partial charge in [0.1, 0.15) is 12.1 Å². The molecule has 1 N–H and O–H groups in total. The van der Waals surface area contributed by atoms with Gasteiger partial charge in [-0.15, -0.1) is 0 Å². The second kappa shape index (κ2) is 7.52. The molecule has 0 aliphatic carbocycles. The molecule has 0 fully saturated rings. The van der Waals surface area contributed by atoms with Crippen molar-refractivity contribution >= 4 is 5.82 Å². The van der Waals surface area contributed by atoms with Crippen LogP contribution in [0.4, 0.5) is 5.82 Å². The molecule has 0 radical (unpaired) electrons. The Morgan fingerprint density at radius 3 is 2.68 bits per heavy atom. The number of hydrogen-bond donors (Lipinski definition) is 1. The summed E-state index contributed by atoms with van der Waals surface area (Å²) < 4.78 is 0. The predicted octanol–water partition coefficient (Wildman–Crippen LogP) is 3.47. The van der Waals surface area contributed by atoms with Crippen molar-refractivity contribution in [2.45, 2.75) is 32.6 Å². The maximum atomic E-state index is 4.25. The Kier molecular flexibility index (Phi) is 5.35. The lowest BCUT2D eigenvalue weighted by atomic mass is 10.1. The molecule has 0 atom stereocenters. The first-order valence-corrected chi connectivity index (χ1v) is 6.97. The van der Waals surface area contributed by atoms with Gasteiger partial charge in [-0.2, -0.15) is 0 Å². The van der Waals surface area contributed by atoms with E-state index in [0.717, 1.165) is 43.7 Å². The fraction of sp³-hybridized carbons (Fsp3) is 0.375. The van der Waals surface area contributed by atoms with Crippen molar-refractivity contribution in [3.8, 4) is 0 Å². The van der Waals surface area contributed by atoms with Crippen molar-refractivity contribution in [2.24, 2.45) is 0 Å². The first-order valence-electron chi connectivity index (χ1n) is 6.97. The van der Waals surface area contributed by atoms with E-state index in [1.54, 1.807) is 6.33 Å². The Labute approximate surface area is 115 Å². The molecule has 0 unspecified atom stereocenters. The minimum absolute atomic E-state index is 0.937. The number of hydrogen-bond acceptors (Lipinski definition) is 3. The van der Waals surface area contributed by atoms with Gasteiger partial charge in [0.25, 0.3) is 0 Å². The van der Waals surface area contributed by atoms with Gasteiger partial charge in [-0.1, -0.05) is 43.7 Å². The highest BCUT2D eigenvalue weighted by Gasteiger charge is 1.98. The first-order chi connectivity index (χ1) is 9.38. The maximum Gasteiger partial charge on any atom is 0.129 e. The molecule has 2 rings (SSSR count). The summed E-state index contributed by atoms with van der Waals surface area (Å²) >= 11 is 0. The molecule has 19 heavy (non-hydrogen) atoms. The predicted molar refractivity (Wildman–Crippen MR) is 79.3 cm³/mol. The van der Waals surface area contributed by atoms with Crippen LogP contribution in [0.1, 0.15) is 31.0 Å². The van der Waals surface area contributed by atoms with Crippen molar-refractivity contribution in [3.05, 3.63) is 54.0 Å². The highest BCUT2D eigenvalue weighted by Crippen LogP contribution is 2.07. The van der Waals surface area contributed by atoms with Crippen LogP contribution in [0.15, 0.2) is 42.7 Å². The molecule has 2 aromatic rings. The Bertz CT molecular complexity index is 482. The third-order valence-electron chi connectivity index (χ3n) is 3.02. The van der Waals surface area contributed by atoms with E-state index < -0.39 is 0 Å². The summed E-state index contributed by atoms with van der Waals surface area (Å²) in [7, 11) is 0. The average molecular weight is 255 g/mol. The minimum Gasteiger partial charge on any atom is -0.370 e. The molecule has 0 aliphatic heterocycles. The summed E-state index contributed by atoms with van der Waals surface area (Å²) in [6.45, 7) is 3.10. The zero-order chi connectivity index (χ0) is 13.3. The van der Waals surface area contributed by atoms with Crippen LogP contribution in [-0.4, -0.2) is 16.5 Å². The highest BCUT2D eigenvalue weighted by molar-refractivity contribution is 5.34. The number of nitrogens with one attached hydrogen (secondary N) is 1. The third-order valence-corrected chi connectivity index (χ3v) is 3.02. The summed E-state index contributed by atoms with van der Waals surface area (Å²) in [5.41, 5.74) is 2.50. The van der Waals surface area contributed by atoms with Gasteiger partial charge in [-0.05, 0) is 24.8 Å². The van der Waals surface area contributed by atoms with Crippen LogP contribution in [-0.2, 0) is 12.8 Å². The third kappa shape index (κ3) is 4.70. The van der Waals surface area contributed by atoms with Crippen LogP contribution in [0.3, 0.4) is 0 Å². The van der Waals surface area contributed by atoms with Crippen LogP contribution in [0.5, 0.6) is 0 Å². The number of benzene rings is 1. The zero-order valence-electron chi connectivity index (χ0n) is 11.5. The summed E-state index contributed by atoms with van der Waals surface area (Å²) in [6, 6.07) is 12.6. The van der Waals surface area contributed by atoms with E-state index in [4.69, 9.17) is 0 Å². The van der Waals surface area contributed by atoms with Crippen LogP contribution in [0.25, 0.3) is 0 Å². The molecule has 1 aromatic carbocycles. The summed E-state index contributed by atoms with van der Waals surface area (Å²) in [4.78, 5) is 8.50. The Balaban J connectivity index is 1.75. The lowest BCUT2D eigenvalue weighted by Gasteiger charge is -2.06. The number of nitrogens with zero attached hydrogens (tertiary/aromatic N) is 2. The lowest BCUT2D eigenvalue weighted by molar-refractivity contribution is 0.847. The molecule has 0 aliphatic rings. The number of aryl methyl sites for hydroxylation is 2. The second-order valence-electron chi connectivity index (χ2n) is 4.66. The number of aromatic nitrogens is 2. The monoisotopic (exact) mass is 255 g/mol. The highest BCUT2D eigenvalue weighted by atomic mass is 15.0. The van der Waals surface area contributed by atoms with Crippen molar-refractivity contribution < 1.29 is 0 Å². The molecule has 0 saturated carbocycles. The smallest absolute Gasteiger partial charge is 0.129 e. The van der Waals surface area contributed by atoms with E-state index in [1.165, 1.54) is 5.56 Å². The Morgan fingerprint density at radius 2 is 1.89 bits per heavy atom. The second-order valence-corrected chi connectivity index (χ2v) is 4.66. The summed E-state index contributed by atoms with van der Waals surface area (Å²) in [5, 5.41) is 3.36. The number of rotatable bonds is 7. The van der Waals surface area contributed by atoms with Crippen molar-refractivity contribution in [1.29, 1.82) is 0 Å². The minimum atomic E-state index is 0.937. The van der Waals surface area contributed by atoms with E-state index in [9.17, 15) is 0 Å². The summed E-state index contributed by atoms with van der Waals surface area (Å²) in [6.07, 6.45) is 5.98. The maximum absolute atomic E-state index is 4.25. The lowest BCUT2D eigenvalue weighted by Crippen LogP contribution is -2.05. The average Bonchev–Trinajstić information content (AvgIpc) is 2.46. The molecule has 100 valence electrons. The molecule has 0 saturated heterocycles. The Hall–Kier alpha value is -1.90. The fourth-order valence-corrected chi connectivity index (χ4v) is 2.04. The summed E-state index contributed by atoms with van der Waals surface area (Å²) in [5.74, 6) is 0.937. The largest absolute Gasteiger partial charge is 0.370 e. The van der Waals surface area contributed by atoms with Gasteiger partial charge >= 0.3 is 0 Å². The van der Waals surface area contributed by atoms with Crippen LogP contribution >= 0.6 is 0 Å². The zero-order valence-corrected chi connectivity index (χ0v) is 11.5. The fourth-order valence-electron chi connectivity index (χ4n) is 2.04. The molecule has 3 heteroatoms. The first kappa shape index (κ1) is 13.5. The van der Waals surface area contributed by atoms with Crippen molar-refractivity contribution in [1.82, 2.24) is 9.97 Å². The van der Waals surface area contributed by atoms with Gasteiger partial charge in [0.2, 0.25) is 0 Å². The molecule has 3 nitrogen and oxygen atoms in total.